The van der Waals surface area contributed by atoms with Crippen molar-refractivity contribution in [3.05, 3.63) is 12.0 Å². The molecule has 0 aliphatic heterocycles. The van der Waals surface area contributed by atoms with Gasteiger partial charge in [0.15, 0.2) is 5.03 Å². The maximum absolute atomic E-state index is 11.9. The second-order valence-corrected chi connectivity index (χ2v) is 7.27. The number of hydrogen-bond acceptors (Lipinski definition) is 4. The number of aromatic nitrogens is 2. The minimum Gasteiger partial charge on any atom is -0.481 e. The molecule has 0 saturated heterocycles. The molecule has 114 valence electrons. The van der Waals surface area contributed by atoms with Crippen molar-refractivity contribution in [1.29, 1.82) is 0 Å². The van der Waals surface area contributed by atoms with Gasteiger partial charge in [-0.2, -0.15) is 0 Å². The molecule has 0 aliphatic rings. The number of nitrogens with zero attached hydrogens (tertiary/aromatic N) is 1. The van der Waals surface area contributed by atoms with E-state index in [0.717, 1.165) is 0 Å². The fourth-order valence-electron chi connectivity index (χ4n) is 1.71. The minimum atomic E-state index is -3.58. The number of carboxylic acids is 1. The lowest BCUT2D eigenvalue weighted by atomic mass is 9.84. The van der Waals surface area contributed by atoms with Crippen LogP contribution in [0.15, 0.2) is 11.2 Å². The average molecular weight is 303 g/mol. The molecule has 0 radical (unpaired) electrons. The highest BCUT2D eigenvalue weighted by Gasteiger charge is 2.21. The number of aryl methyl sites for hydroxylation is 1. The lowest BCUT2D eigenvalue weighted by Gasteiger charge is -2.23. The van der Waals surface area contributed by atoms with Crippen LogP contribution in [0.5, 0.6) is 0 Å². The van der Waals surface area contributed by atoms with Gasteiger partial charge < -0.3 is 10.1 Å². The second kappa shape index (κ2) is 6.36. The Kier molecular flexibility index (Phi) is 5.29. The molecule has 0 spiro atoms. The topological polar surface area (TPSA) is 112 Å². The van der Waals surface area contributed by atoms with E-state index in [0.29, 0.717) is 18.7 Å². The molecule has 3 N–H and O–H groups in total. The van der Waals surface area contributed by atoms with Crippen LogP contribution in [-0.2, 0) is 14.8 Å². The van der Waals surface area contributed by atoms with Crippen molar-refractivity contribution in [2.75, 3.05) is 6.54 Å². The first kappa shape index (κ1) is 16.6. The second-order valence-electron chi connectivity index (χ2n) is 5.54. The number of aromatic amines is 1. The lowest BCUT2D eigenvalue weighted by molar-refractivity contribution is -0.137. The minimum absolute atomic E-state index is 0.0401. The number of hydrogen-bond donors (Lipinski definition) is 3. The van der Waals surface area contributed by atoms with E-state index in [9.17, 15) is 13.2 Å². The van der Waals surface area contributed by atoms with Gasteiger partial charge in [0.05, 0.1) is 6.20 Å². The van der Waals surface area contributed by atoms with E-state index in [-0.39, 0.29) is 23.4 Å². The van der Waals surface area contributed by atoms with Crippen LogP contribution in [0.4, 0.5) is 0 Å². The van der Waals surface area contributed by atoms with E-state index in [4.69, 9.17) is 5.11 Å². The standard InChI is InChI=1S/C12H21N3O4S/c1-9-13-8-10(15-9)20(18,19)14-7-6-12(2,3)5-4-11(16)17/h8,14H,4-7H2,1-3H3,(H,13,15)(H,16,17). The fraction of sp³-hybridized carbons (Fsp3) is 0.667. The van der Waals surface area contributed by atoms with Crippen LogP contribution in [0.1, 0.15) is 38.9 Å². The van der Waals surface area contributed by atoms with Crippen molar-refractivity contribution in [3.63, 3.8) is 0 Å². The fourth-order valence-corrected chi connectivity index (χ4v) is 2.71. The zero-order chi connectivity index (χ0) is 15.4. The van der Waals surface area contributed by atoms with E-state index in [1.165, 1.54) is 6.20 Å². The number of sulfonamides is 1. The number of aliphatic carboxylic acids is 1. The third kappa shape index (κ3) is 5.30. The highest BCUT2D eigenvalue weighted by molar-refractivity contribution is 7.89. The van der Waals surface area contributed by atoms with Gasteiger partial charge in [-0.15, -0.1) is 0 Å². The molecule has 0 atom stereocenters. The van der Waals surface area contributed by atoms with Crippen LogP contribution in [-0.4, -0.2) is 36.0 Å². The summed E-state index contributed by atoms with van der Waals surface area (Å²) >= 11 is 0. The van der Waals surface area contributed by atoms with Gasteiger partial charge in [0.1, 0.15) is 5.82 Å². The summed E-state index contributed by atoms with van der Waals surface area (Å²) in [6.07, 6.45) is 2.42. The van der Waals surface area contributed by atoms with E-state index >= 15 is 0 Å². The Bertz CT molecular complexity index is 563. The molecule has 20 heavy (non-hydrogen) atoms. The summed E-state index contributed by atoms with van der Waals surface area (Å²) in [6, 6.07) is 0. The Morgan fingerprint density at radius 2 is 2.10 bits per heavy atom. The van der Waals surface area contributed by atoms with Crippen molar-refractivity contribution in [2.45, 2.75) is 45.1 Å². The average Bonchev–Trinajstić information content (AvgIpc) is 2.74. The van der Waals surface area contributed by atoms with E-state index < -0.39 is 16.0 Å². The van der Waals surface area contributed by atoms with Crippen molar-refractivity contribution >= 4 is 16.0 Å². The summed E-state index contributed by atoms with van der Waals surface area (Å²) in [7, 11) is -3.58. The first-order chi connectivity index (χ1) is 9.12. The molecule has 0 unspecified atom stereocenters. The van der Waals surface area contributed by atoms with Gasteiger partial charge in [-0.05, 0) is 25.2 Å². The summed E-state index contributed by atoms with van der Waals surface area (Å²) in [4.78, 5) is 17.1. The summed E-state index contributed by atoms with van der Waals surface area (Å²) < 4.78 is 26.3. The highest BCUT2D eigenvalue weighted by Crippen LogP contribution is 2.26. The smallest absolute Gasteiger partial charge is 0.303 e. The third-order valence-electron chi connectivity index (χ3n) is 3.08. The molecule has 7 nitrogen and oxygen atoms in total. The molecule has 0 bridgehead atoms. The van der Waals surface area contributed by atoms with Gasteiger partial charge >= 0.3 is 5.97 Å². The highest BCUT2D eigenvalue weighted by atomic mass is 32.2. The van der Waals surface area contributed by atoms with Gasteiger partial charge in [0.2, 0.25) is 0 Å². The largest absolute Gasteiger partial charge is 0.481 e. The molecule has 1 aromatic heterocycles. The first-order valence-corrected chi connectivity index (χ1v) is 7.84. The van der Waals surface area contributed by atoms with Crippen molar-refractivity contribution < 1.29 is 18.3 Å². The molecule has 0 fully saturated rings. The maximum Gasteiger partial charge on any atom is 0.303 e. The van der Waals surface area contributed by atoms with Crippen LogP contribution in [0.25, 0.3) is 0 Å². The molecule has 0 saturated carbocycles. The van der Waals surface area contributed by atoms with Crippen LogP contribution < -0.4 is 4.72 Å². The van der Waals surface area contributed by atoms with Gasteiger partial charge in [0, 0.05) is 13.0 Å². The molecule has 1 heterocycles. The molecule has 0 amide bonds. The van der Waals surface area contributed by atoms with Gasteiger partial charge in [-0.1, -0.05) is 13.8 Å². The summed E-state index contributed by atoms with van der Waals surface area (Å²) in [6.45, 7) is 5.77. The number of carbonyl (C=O) groups is 1. The summed E-state index contributed by atoms with van der Waals surface area (Å²) in [5, 5.41) is 8.70. The quantitative estimate of drug-likeness (QED) is 0.669. The van der Waals surface area contributed by atoms with Crippen LogP contribution in [0, 0.1) is 12.3 Å². The Hall–Kier alpha value is -1.41. The maximum atomic E-state index is 11.9. The predicted octanol–water partition coefficient (Wildman–Crippen LogP) is 1.28. The van der Waals surface area contributed by atoms with Gasteiger partial charge in [-0.3, -0.25) is 4.79 Å². The van der Waals surface area contributed by atoms with Crippen LogP contribution >= 0.6 is 0 Å². The zero-order valence-electron chi connectivity index (χ0n) is 11.9. The Morgan fingerprint density at radius 3 is 2.60 bits per heavy atom. The lowest BCUT2D eigenvalue weighted by Crippen LogP contribution is -2.28. The monoisotopic (exact) mass is 303 g/mol. The van der Waals surface area contributed by atoms with Crippen molar-refractivity contribution in [1.82, 2.24) is 14.7 Å². The Morgan fingerprint density at radius 1 is 1.45 bits per heavy atom. The SMILES string of the molecule is Cc1ncc(S(=O)(=O)NCCC(C)(C)CCC(=O)O)[nH]1. The Balaban J connectivity index is 2.49. The molecule has 1 aromatic rings. The molecular formula is C12H21N3O4S. The molecule has 8 heteroatoms. The number of carboxylic acid groups (broad SMARTS) is 1. The molecule has 0 aliphatic carbocycles. The molecular weight excluding hydrogens is 282 g/mol. The number of H-pyrrole nitrogens is 1. The normalized spacial score (nSPS) is 12.6. The summed E-state index contributed by atoms with van der Waals surface area (Å²) in [5.74, 6) is -0.307. The van der Waals surface area contributed by atoms with Crippen LogP contribution in [0.2, 0.25) is 0 Å². The third-order valence-corrected chi connectivity index (χ3v) is 4.45. The Labute approximate surface area is 118 Å². The number of nitrogens with one attached hydrogen (secondary N) is 2. The number of imidazole rings is 1. The predicted molar refractivity (Wildman–Crippen MR) is 73.8 cm³/mol. The van der Waals surface area contributed by atoms with Gasteiger partial charge in [-0.25, -0.2) is 18.1 Å². The van der Waals surface area contributed by atoms with E-state index in [1.807, 2.05) is 13.8 Å². The molecule has 0 aromatic carbocycles. The van der Waals surface area contributed by atoms with Crippen LogP contribution in [0.3, 0.4) is 0 Å². The van der Waals surface area contributed by atoms with E-state index in [1.54, 1.807) is 6.92 Å². The summed E-state index contributed by atoms with van der Waals surface area (Å²) in [5.41, 5.74) is -0.231. The zero-order valence-corrected chi connectivity index (χ0v) is 12.7. The first-order valence-electron chi connectivity index (χ1n) is 6.35. The van der Waals surface area contributed by atoms with E-state index in [2.05, 4.69) is 14.7 Å². The molecule has 1 rings (SSSR count). The van der Waals surface area contributed by atoms with Crippen molar-refractivity contribution in [2.24, 2.45) is 5.41 Å². The number of rotatable bonds is 8. The van der Waals surface area contributed by atoms with Crippen molar-refractivity contribution in [3.8, 4) is 0 Å². The van der Waals surface area contributed by atoms with Gasteiger partial charge in [0.25, 0.3) is 10.0 Å².